The summed E-state index contributed by atoms with van der Waals surface area (Å²) < 4.78 is 5.26. The Labute approximate surface area is 240 Å². The number of benzene rings is 5. The first-order chi connectivity index (χ1) is 20.0. The maximum absolute atomic E-state index is 14.5. The molecular weight excluding hydrogens is 527 g/mol. The van der Waals surface area contributed by atoms with Crippen LogP contribution >= 0.6 is 7.26 Å². The number of aryl methyl sites for hydroxylation is 1. The maximum atomic E-state index is 14.5. The number of hydrazone groups is 1. The largest absolute Gasteiger partial charge is 0.497 e. The second-order valence-corrected chi connectivity index (χ2v) is 12.8. The fourth-order valence-corrected chi connectivity index (χ4v) is 8.86. The van der Waals surface area contributed by atoms with Crippen LogP contribution in [0.4, 0.5) is 5.69 Å². The number of nitrogens with one attached hydrogen (secondary N) is 1. The predicted molar refractivity (Wildman–Crippen MR) is 170 cm³/mol. The van der Waals surface area contributed by atoms with Gasteiger partial charge in [-0.25, -0.2) is 0 Å². The third kappa shape index (κ3) is 5.72. The first-order valence-corrected chi connectivity index (χ1v) is 15.0. The van der Waals surface area contributed by atoms with Crippen molar-refractivity contribution in [3.05, 3.63) is 151 Å². The molecule has 0 spiro atoms. The van der Waals surface area contributed by atoms with Crippen LogP contribution in [0.1, 0.15) is 15.9 Å². The summed E-state index contributed by atoms with van der Waals surface area (Å²) in [7, 11) is -1.41. The number of carbonyl (C=O) groups excluding carboxylic acids is 2. The van der Waals surface area contributed by atoms with Crippen molar-refractivity contribution < 1.29 is 14.3 Å². The molecule has 0 fully saturated rings. The number of nitrogens with zero attached hydrogens (tertiary/aromatic N) is 1. The lowest BCUT2D eigenvalue weighted by molar-refractivity contribution is -0.109. The lowest BCUT2D eigenvalue weighted by Crippen LogP contribution is -2.42. The van der Waals surface area contributed by atoms with Gasteiger partial charge in [0.2, 0.25) is 5.78 Å². The molecular formula is C35H30N2O3P+. The van der Waals surface area contributed by atoms with Crippen molar-refractivity contribution in [2.75, 3.05) is 12.5 Å². The minimum absolute atomic E-state index is 0.169. The number of methoxy groups -OCH3 is 1. The Morgan fingerprint density at radius 3 is 1.54 bits per heavy atom. The third-order valence-electron chi connectivity index (χ3n) is 6.85. The summed E-state index contributed by atoms with van der Waals surface area (Å²) in [6.45, 7) is 2.01. The van der Waals surface area contributed by atoms with Crippen molar-refractivity contribution in [2.24, 2.45) is 5.10 Å². The van der Waals surface area contributed by atoms with E-state index in [2.05, 4.69) is 5.43 Å². The normalized spacial score (nSPS) is 11.5. The Morgan fingerprint density at radius 1 is 0.634 bits per heavy atom. The Morgan fingerprint density at radius 2 is 1.10 bits per heavy atom. The third-order valence-corrected chi connectivity index (χ3v) is 11.0. The minimum Gasteiger partial charge on any atom is -0.497 e. The quantitative estimate of drug-likeness (QED) is 0.0733. The first kappa shape index (κ1) is 27.7. The molecule has 0 aliphatic rings. The highest BCUT2D eigenvalue weighted by atomic mass is 31.2. The molecule has 0 aliphatic carbocycles. The van der Waals surface area contributed by atoms with Gasteiger partial charge in [-0.3, -0.25) is 15.0 Å². The molecule has 5 nitrogen and oxygen atoms in total. The van der Waals surface area contributed by atoms with E-state index in [9.17, 15) is 9.59 Å². The zero-order valence-electron chi connectivity index (χ0n) is 22.9. The fourth-order valence-electron chi connectivity index (χ4n) is 4.77. The molecule has 0 radical (unpaired) electrons. The number of rotatable bonds is 10. The second-order valence-electron chi connectivity index (χ2n) is 9.48. The summed E-state index contributed by atoms with van der Waals surface area (Å²) in [4.78, 5) is 28.4. The lowest BCUT2D eigenvalue weighted by atomic mass is 10.1. The van der Waals surface area contributed by atoms with E-state index in [-0.39, 0.29) is 11.0 Å². The van der Waals surface area contributed by atoms with Gasteiger partial charge in [0.05, 0.1) is 12.8 Å². The molecule has 0 aromatic heterocycles. The molecule has 0 unspecified atom stereocenters. The molecule has 6 heteroatoms. The molecule has 5 rings (SSSR count). The van der Waals surface area contributed by atoms with Gasteiger partial charge in [-0.2, -0.15) is 0 Å². The number of anilines is 1. The molecule has 1 N–H and O–H groups in total. The van der Waals surface area contributed by atoms with E-state index in [0.29, 0.717) is 11.4 Å². The zero-order chi connectivity index (χ0) is 28.7. The van der Waals surface area contributed by atoms with Crippen LogP contribution in [0, 0.1) is 6.92 Å². The summed E-state index contributed by atoms with van der Waals surface area (Å²) in [5.74, 6) is -0.701. The number of ketones is 2. The first-order valence-electron chi connectivity index (χ1n) is 13.2. The Kier molecular flexibility index (Phi) is 8.47. The van der Waals surface area contributed by atoms with Gasteiger partial charge in [-0.05, 0) is 79.7 Å². The highest BCUT2D eigenvalue weighted by molar-refractivity contribution is 8.10. The van der Waals surface area contributed by atoms with Crippen LogP contribution in [0.25, 0.3) is 0 Å². The highest BCUT2D eigenvalue weighted by Gasteiger charge is 2.55. The summed E-state index contributed by atoms with van der Waals surface area (Å²) in [5.41, 5.74) is 5.37. The van der Waals surface area contributed by atoms with E-state index in [0.717, 1.165) is 21.5 Å². The zero-order valence-corrected chi connectivity index (χ0v) is 23.8. The van der Waals surface area contributed by atoms with Crippen LogP contribution in [0.3, 0.4) is 0 Å². The van der Waals surface area contributed by atoms with Crippen LogP contribution in [0.15, 0.2) is 145 Å². The summed E-state index contributed by atoms with van der Waals surface area (Å²) >= 11 is 0. The molecule has 5 aromatic carbocycles. The van der Waals surface area contributed by atoms with Crippen molar-refractivity contribution in [1.82, 2.24) is 0 Å². The van der Waals surface area contributed by atoms with Gasteiger partial charge in [0.1, 0.15) is 21.7 Å². The number of Topliss-reactive ketones (excluding diaryl/α,β-unsaturated/α-hetero) is 2. The topological polar surface area (TPSA) is 67.8 Å². The minimum atomic E-state index is -2.96. The number of hydrogen-bond donors (Lipinski definition) is 1. The Hall–Kier alpha value is -4.86. The average molecular weight is 558 g/mol. The summed E-state index contributed by atoms with van der Waals surface area (Å²) in [6, 6.07) is 44.0. The van der Waals surface area contributed by atoms with Gasteiger partial charge in [0.15, 0.2) is 7.26 Å². The predicted octanol–water partition coefficient (Wildman–Crippen LogP) is 6.18. The molecule has 5 aromatic rings. The number of hydrogen-bond acceptors (Lipinski definition) is 5. The molecule has 0 aliphatic heterocycles. The van der Waals surface area contributed by atoms with Gasteiger partial charge in [-0.1, -0.05) is 72.3 Å². The van der Waals surface area contributed by atoms with Gasteiger partial charge >= 0.3 is 0 Å². The van der Waals surface area contributed by atoms with Crippen molar-refractivity contribution in [3.63, 3.8) is 0 Å². The fraction of sp³-hybridized carbons (Fsp3) is 0.0571. The Bertz CT molecular complexity index is 1560. The van der Waals surface area contributed by atoms with Crippen LogP contribution < -0.4 is 26.1 Å². The van der Waals surface area contributed by atoms with Crippen molar-refractivity contribution in [1.29, 1.82) is 0 Å². The SMILES string of the molecule is COc1ccc(C(=O)C(=O)/C(=N/Nc2ccc(C)cc2)[P+](c2ccccc2)(c2ccccc2)c2ccccc2)cc1. The molecule has 202 valence electrons. The standard InChI is InChI=1S/C35H29N2O3P/c1-26-18-22-28(23-19-26)36-37-35(34(39)33(38)27-20-24-29(40-2)25-21-27)41(30-12-6-3-7-13-30,31-14-8-4-9-15-31)32-16-10-5-11-17-32/h3-25H,1-2H3/p+1. The van der Waals surface area contributed by atoms with Crippen LogP contribution in [0.5, 0.6) is 5.75 Å². The van der Waals surface area contributed by atoms with E-state index in [1.165, 1.54) is 0 Å². The van der Waals surface area contributed by atoms with E-state index < -0.39 is 18.8 Å². The van der Waals surface area contributed by atoms with E-state index in [4.69, 9.17) is 9.84 Å². The molecule has 0 atom stereocenters. The van der Waals surface area contributed by atoms with Crippen LogP contribution in [-0.2, 0) is 4.79 Å². The molecule has 0 heterocycles. The van der Waals surface area contributed by atoms with E-state index >= 15 is 0 Å². The molecule has 0 amide bonds. The maximum Gasteiger partial charge on any atom is 0.290 e. The molecule has 41 heavy (non-hydrogen) atoms. The van der Waals surface area contributed by atoms with Crippen molar-refractivity contribution in [2.45, 2.75) is 6.92 Å². The summed E-state index contributed by atoms with van der Waals surface area (Å²) in [5, 5.41) is 7.57. The van der Waals surface area contributed by atoms with Crippen LogP contribution in [0.2, 0.25) is 0 Å². The lowest BCUT2D eigenvalue weighted by Gasteiger charge is -2.27. The van der Waals surface area contributed by atoms with Gasteiger partial charge < -0.3 is 4.74 Å². The summed E-state index contributed by atoms with van der Waals surface area (Å²) in [6.07, 6.45) is 0. The Balaban J connectivity index is 1.79. The van der Waals surface area contributed by atoms with E-state index in [1.807, 2.05) is 122 Å². The van der Waals surface area contributed by atoms with Gasteiger partial charge in [-0.15, -0.1) is 5.10 Å². The van der Waals surface area contributed by atoms with Gasteiger partial charge in [0, 0.05) is 5.56 Å². The number of ether oxygens (including phenoxy) is 1. The van der Waals surface area contributed by atoms with Crippen LogP contribution in [-0.4, -0.2) is 24.1 Å². The molecule has 0 saturated heterocycles. The van der Waals surface area contributed by atoms with Gasteiger partial charge in [0.25, 0.3) is 11.2 Å². The second kappa shape index (κ2) is 12.5. The average Bonchev–Trinajstić information content (AvgIpc) is 3.04. The smallest absolute Gasteiger partial charge is 0.290 e. The molecule has 0 saturated carbocycles. The monoisotopic (exact) mass is 557 g/mol. The van der Waals surface area contributed by atoms with E-state index in [1.54, 1.807) is 31.4 Å². The molecule has 0 bridgehead atoms. The van der Waals surface area contributed by atoms with Crippen molar-refractivity contribution >= 4 is 45.9 Å². The van der Waals surface area contributed by atoms with Crippen molar-refractivity contribution in [3.8, 4) is 5.75 Å². The number of carbonyl (C=O) groups is 2. The highest BCUT2D eigenvalue weighted by Crippen LogP contribution is 2.57.